The number of hydrogen-bond acceptors (Lipinski definition) is 4. The third-order valence-corrected chi connectivity index (χ3v) is 5.01. The van der Waals surface area contributed by atoms with Gasteiger partial charge < -0.3 is 19.7 Å². The Morgan fingerprint density at radius 1 is 1.07 bits per heavy atom. The first-order chi connectivity index (χ1) is 14.3. The highest BCUT2D eigenvalue weighted by Gasteiger charge is 2.27. The maximum absolute atomic E-state index is 13.1. The van der Waals surface area contributed by atoms with Crippen LogP contribution in [0, 0.1) is 6.92 Å². The SMILES string of the molecule is CC[C@H](C)NC(=O)[C@@H](C)N(Cc1cccc(OC)c1)C(=O)COc1cccc(C)c1. The average Bonchev–Trinajstić information content (AvgIpc) is 2.75. The number of methoxy groups -OCH3 is 1. The first-order valence-corrected chi connectivity index (χ1v) is 10.3. The Kier molecular flexibility index (Phi) is 8.71. The molecule has 0 spiro atoms. The van der Waals surface area contributed by atoms with E-state index in [4.69, 9.17) is 9.47 Å². The summed E-state index contributed by atoms with van der Waals surface area (Å²) in [6.07, 6.45) is 0.818. The molecule has 0 aliphatic rings. The third kappa shape index (κ3) is 6.79. The van der Waals surface area contributed by atoms with Gasteiger partial charge in [-0.15, -0.1) is 0 Å². The van der Waals surface area contributed by atoms with Crippen LogP contribution in [-0.2, 0) is 16.1 Å². The van der Waals surface area contributed by atoms with E-state index >= 15 is 0 Å². The second-order valence-corrected chi connectivity index (χ2v) is 7.47. The molecule has 0 unspecified atom stereocenters. The summed E-state index contributed by atoms with van der Waals surface area (Å²) in [6.45, 7) is 7.79. The van der Waals surface area contributed by atoms with Crippen LogP contribution in [0.1, 0.15) is 38.3 Å². The minimum absolute atomic E-state index is 0.0391. The van der Waals surface area contributed by atoms with Gasteiger partial charge in [0.15, 0.2) is 6.61 Å². The van der Waals surface area contributed by atoms with Crippen LogP contribution in [0.15, 0.2) is 48.5 Å². The molecule has 0 saturated carbocycles. The van der Waals surface area contributed by atoms with Crippen LogP contribution >= 0.6 is 0 Å². The maximum atomic E-state index is 13.1. The molecule has 2 amide bonds. The van der Waals surface area contributed by atoms with Gasteiger partial charge in [0.1, 0.15) is 17.5 Å². The van der Waals surface area contributed by atoms with Gasteiger partial charge >= 0.3 is 0 Å². The van der Waals surface area contributed by atoms with Crippen molar-refractivity contribution in [3.05, 3.63) is 59.7 Å². The number of nitrogens with one attached hydrogen (secondary N) is 1. The molecule has 6 nitrogen and oxygen atoms in total. The van der Waals surface area contributed by atoms with Crippen LogP contribution in [0.3, 0.4) is 0 Å². The lowest BCUT2D eigenvalue weighted by molar-refractivity contribution is -0.142. The number of aryl methyl sites for hydroxylation is 1. The van der Waals surface area contributed by atoms with E-state index in [1.54, 1.807) is 18.9 Å². The topological polar surface area (TPSA) is 67.9 Å². The lowest BCUT2D eigenvalue weighted by Gasteiger charge is -2.29. The van der Waals surface area contributed by atoms with Crippen LogP contribution in [0.25, 0.3) is 0 Å². The predicted molar refractivity (Wildman–Crippen MR) is 118 cm³/mol. The van der Waals surface area contributed by atoms with Crippen molar-refractivity contribution in [2.45, 2.75) is 52.7 Å². The molecule has 2 rings (SSSR count). The number of hydrogen-bond donors (Lipinski definition) is 1. The zero-order chi connectivity index (χ0) is 22.1. The summed E-state index contributed by atoms with van der Waals surface area (Å²) in [6, 6.07) is 14.4. The molecule has 0 heterocycles. The smallest absolute Gasteiger partial charge is 0.261 e. The molecular formula is C24H32N2O4. The monoisotopic (exact) mass is 412 g/mol. The number of amides is 2. The Labute approximate surface area is 179 Å². The maximum Gasteiger partial charge on any atom is 0.261 e. The molecule has 0 aromatic heterocycles. The number of rotatable bonds is 10. The molecule has 6 heteroatoms. The lowest BCUT2D eigenvalue weighted by Crippen LogP contribution is -2.50. The number of nitrogens with zero attached hydrogens (tertiary/aromatic N) is 1. The fourth-order valence-electron chi connectivity index (χ4n) is 2.95. The molecule has 30 heavy (non-hydrogen) atoms. The standard InChI is InChI=1S/C24H32N2O4/c1-6-18(3)25-24(28)19(4)26(15-20-10-8-11-21(14-20)29-5)23(27)16-30-22-12-7-9-17(2)13-22/h7-14,18-19H,6,15-16H2,1-5H3,(H,25,28)/t18-,19+/m0/s1. The molecule has 162 valence electrons. The van der Waals surface area contributed by atoms with Gasteiger partial charge in [0.25, 0.3) is 5.91 Å². The fraction of sp³-hybridized carbons (Fsp3) is 0.417. The highest BCUT2D eigenvalue weighted by molar-refractivity contribution is 5.88. The van der Waals surface area contributed by atoms with Crippen molar-refractivity contribution >= 4 is 11.8 Å². The number of carbonyl (C=O) groups is 2. The summed E-state index contributed by atoms with van der Waals surface area (Å²) in [5.74, 6) is 0.885. The molecule has 0 fully saturated rings. The highest BCUT2D eigenvalue weighted by atomic mass is 16.5. The first kappa shape index (κ1) is 23.3. The number of carbonyl (C=O) groups excluding carboxylic acids is 2. The van der Waals surface area contributed by atoms with Crippen LogP contribution in [0.5, 0.6) is 11.5 Å². The quantitative estimate of drug-likeness (QED) is 0.646. The summed E-state index contributed by atoms with van der Waals surface area (Å²) in [5.41, 5.74) is 1.93. The summed E-state index contributed by atoms with van der Waals surface area (Å²) in [4.78, 5) is 27.3. The molecule has 2 atom stereocenters. The van der Waals surface area contributed by atoms with E-state index in [0.717, 1.165) is 17.5 Å². The van der Waals surface area contributed by atoms with Gasteiger partial charge in [-0.25, -0.2) is 0 Å². The third-order valence-electron chi connectivity index (χ3n) is 5.01. The average molecular weight is 413 g/mol. The Morgan fingerprint density at radius 2 is 1.77 bits per heavy atom. The fourth-order valence-corrected chi connectivity index (χ4v) is 2.95. The highest BCUT2D eigenvalue weighted by Crippen LogP contribution is 2.17. The molecule has 0 bridgehead atoms. The summed E-state index contributed by atoms with van der Waals surface area (Å²) in [7, 11) is 1.60. The zero-order valence-corrected chi connectivity index (χ0v) is 18.5. The summed E-state index contributed by atoms with van der Waals surface area (Å²) in [5, 5.41) is 2.96. The van der Waals surface area contributed by atoms with Gasteiger partial charge in [0.05, 0.1) is 7.11 Å². The van der Waals surface area contributed by atoms with Crippen molar-refractivity contribution < 1.29 is 19.1 Å². The normalized spacial score (nSPS) is 12.6. The molecule has 0 saturated heterocycles. The molecular weight excluding hydrogens is 380 g/mol. The zero-order valence-electron chi connectivity index (χ0n) is 18.5. The van der Waals surface area contributed by atoms with E-state index < -0.39 is 6.04 Å². The van der Waals surface area contributed by atoms with Crippen molar-refractivity contribution in [3.63, 3.8) is 0 Å². The number of ether oxygens (including phenoxy) is 2. The van der Waals surface area contributed by atoms with E-state index in [0.29, 0.717) is 11.5 Å². The predicted octanol–water partition coefficient (Wildman–Crippen LogP) is 3.71. The largest absolute Gasteiger partial charge is 0.497 e. The van der Waals surface area contributed by atoms with Crippen LogP contribution in [-0.4, -0.2) is 42.5 Å². The minimum atomic E-state index is -0.640. The van der Waals surface area contributed by atoms with Crippen LogP contribution in [0.4, 0.5) is 0 Å². The summed E-state index contributed by atoms with van der Waals surface area (Å²) < 4.78 is 11.0. The van der Waals surface area contributed by atoms with Crippen molar-refractivity contribution in [2.75, 3.05) is 13.7 Å². The van der Waals surface area contributed by atoms with Gasteiger partial charge in [-0.2, -0.15) is 0 Å². The van der Waals surface area contributed by atoms with E-state index in [1.165, 1.54) is 0 Å². The molecule has 0 radical (unpaired) electrons. The van der Waals surface area contributed by atoms with Gasteiger partial charge in [0.2, 0.25) is 5.91 Å². The minimum Gasteiger partial charge on any atom is -0.497 e. The van der Waals surface area contributed by atoms with Gasteiger partial charge in [-0.05, 0) is 62.6 Å². The number of benzene rings is 2. The van der Waals surface area contributed by atoms with Gasteiger partial charge in [-0.1, -0.05) is 31.2 Å². The lowest BCUT2D eigenvalue weighted by atomic mass is 10.1. The van der Waals surface area contributed by atoms with Crippen LogP contribution < -0.4 is 14.8 Å². The van der Waals surface area contributed by atoms with Crippen LogP contribution in [0.2, 0.25) is 0 Å². The summed E-state index contributed by atoms with van der Waals surface area (Å²) >= 11 is 0. The second-order valence-electron chi connectivity index (χ2n) is 7.47. The first-order valence-electron chi connectivity index (χ1n) is 10.3. The Bertz CT molecular complexity index is 853. The molecule has 0 aliphatic carbocycles. The molecule has 0 aliphatic heterocycles. The molecule has 1 N–H and O–H groups in total. The van der Waals surface area contributed by atoms with Crippen molar-refractivity contribution in [3.8, 4) is 11.5 Å². The van der Waals surface area contributed by atoms with Gasteiger partial charge in [-0.3, -0.25) is 9.59 Å². The van der Waals surface area contributed by atoms with E-state index in [-0.39, 0.29) is 31.0 Å². The van der Waals surface area contributed by atoms with E-state index in [9.17, 15) is 9.59 Å². The second kappa shape index (κ2) is 11.2. The molecule has 2 aromatic carbocycles. The Hall–Kier alpha value is -3.02. The molecule has 2 aromatic rings. The Morgan fingerprint density at radius 3 is 2.43 bits per heavy atom. The van der Waals surface area contributed by atoms with E-state index in [1.807, 2.05) is 69.3 Å². The van der Waals surface area contributed by atoms with Gasteiger partial charge in [0, 0.05) is 12.6 Å². The van der Waals surface area contributed by atoms with E-state index in [2.05, 4.69) is 5.32 Å². The van der Waals surface area contributed by atoms with Crippen molar-refractivity contribution in [1.29, 1.82) is 0 Å². The van der Waals surface area contributed by atoms with Crippen molar-refractivity contribution in [2.24, 2.45) is 0 Å². The van der Waals surface area contributed by atoms with Crippen molar-refractivity contribution in [1.82, 2.24) is 10.2 Å². The Balaban J connectivity index is 2.17.